The van der Waals surface area contributed by atoms with Gasteiger partial charge >= 0.3 is 0 Å². The smallest absolute Gasteiger partial charge is 0.283 e. The second-order valence-electron chi connectivity index (χ2n) is 6.75. The number of carbonyl (C=O) groups is 1. The van der Waals surface area contributed by atoms with Crippen LogP contribution in [0.3, 0.4) is 0 Å². The van der Waals surface area contributed by atoms with Crippen LogP contribution in [0.15, 0.2) is 58.4 Å². The monoisotopic (exact) mass is 434 g/mol. The average molecular weight is 434 g/mol. The summed E-state index contributed by atoms with van der Waals surface area (Å²) in [7, 11) is 1.74. The van der Waals surface area contributed by atoms with E-state index in [-0.39, 0.29) is 11.3 Å². The number of carbonyl (C=O) groups excluding carboxylic acids is 1. The molecule has 0 aliphatic rings. The topological polar surface area (TPSA) is 127 Å². The Morgan fingerprint density at radius 1 is 1.29 bits per heavy atom. The van der Waals surface area contributed by atoms with Gasteiger partial charge in [-0.05, 0) is 60.5 Å². The minimum Gasteiger partial charge on any atom is -0.321 e. The Kier molecular flexibility index (Phi) is 6.47. The fourth-order valence-electron chi connectivity index (χ4n) is 2.69. The standard InChI is InChI=1S/C21H18N6O3S/c1-13-4-5-14(2)17(8-13)24-20(28)16(11-22)9-15-6-7-19(18(10-15)27(29)30)31-21-25-23-12-26(21)3/h4-10,12H,1-3H3,(H,24,28)/b16-9+. The van der Waals surface area contributed by atoms with Crippen LogP contribution in [0.4, 0.5) is 11.4 Å². The van der Waals surface area contributed by atoms with Crippen molar-refractivity contribution in [3.05, 3.63) is 75.1 Å². The first-order valence-corrected chi connectivity index (χ1v) is 9.91. The predicted octanol–water partition coefficient (Wildman–Crippen LogP) is 4.04. The van der Waals surface area contributed by atoms with E-state index in [0.717, 1.165) is 22.9 Å². The highest BCUT2D eigenvalue weighted by atomic mass is 32.2. The number of aromatic nitrogens is 3. The van der Waals surface area contributed by atoms with E-state index in [4.69, 9.17) is 0 Å². The molecule has 0 spiro atoms. The van der Waals surface area contributed by atoms with Gasteiger partial charge in [0.15, 0.2) is 5.16 Å². The predicted molar refractivity (Wildman–Crippen MR) is 116 cm³/mol. The largest absolute Gasteiger partial charge is 0.321 e. The number of nitro benzene ring substituents is 1. The Labute approximate surface area is 182 Å². The van der Waals surface area contributed by atoms with E-state index in [2.05, 4.69) is 15.5 Å². The van der Waals surface area contributed by atoms with Gasteiger partial charge in [0.25, 0.3) is 11.6 Å². The van der Waals surface area contributed by atoms with Crippen molar-refractivity contribution in [3.8, 4) is 6.07 Å². The summed E-state index contributed by atoms with van der Waals surface area (Å²) in [6.45, 7) is 3.75. The summed E-state index contributed by atoms with van der Waals surface area (Å²) < 4.78 is 1.65. The molecule has 31 heavy (non-hydrogen) atoms. The summed E-state index contributed by atoms with van der Waals surface area (Å²) in [4.78, 5) is 24.0. The number of aryl methyl sites for hydroxylation is 3. The lowest BCUT2D eigenvalue weighted by molar-refractivity contribution is -0.387. The summed E-state index contributed by atoms with van der Waals surface area (Å²) in [5, 5.41) is 31.9. The Morgan fingerprint density at radius 2 is 2.06 bits per heavy atom. The quantitative estimate of drug-likeness (QED) is 0.268. The molecule has 0 aliphatic heterocycles. The maximum Gasteiger partial charge on any atom is 0.283 e. The minimum atomic E-state index is -0.587. The van der Waals surface area contributed by atoms with E-state index in [0.29, 0.717) is 21.3 Å². The first kappa shape index (κ1) is 21.7. The summed E-state index contributed by atoms with van der Waals surface area (Å²) >= 11 is 1.10. The number of hydrogen-bond donors (Lipinski definition) is 1. The van der Waals surface area contributed by atoms with E-state index < -0.39 is 10.8 Å². The molecule has 0 aliphatic carbocycles. The normalized spacial score (nSPS) is 11.1. The molecular formula is C21H18N6O3S. The molecule has 1 N–H and O–H groups in total. The Balaban J connectivity index is 1.89. The highest BCUT2D eigenvalue weighted by Gasteiger charge is 2.18. The van der Waals surface area contributed by atoms with Crippen LogP contribution in [0.25, 0.3) is 6.08 Å². The molecule has 1 aromatic heterocycles. The zero-order valence-electron chi connectivity index (χ0n) is 17.0. The van der Waals surface area contributed by atoms with Crippen molar-refractivity contribution in [2.45, 2.75) is 23.9 Å². The first-order valence-electron chi connectivity index (χ1n) is 9.09. The lowest BCUT2D eigenvalue weighted by Gasteiger charge is -2.09. The Bertz CT molecular complexity index is 1240. The number of hydrogen-bond acceptors (Lipinski definition) is 7. The van der Waals surface area contributed by atoms with Crippen LogP contribution in [0, 0.1) is 35.3 Å². The van der Waals surface area contributed by atoms with Crippen LogP contribution in [-0.4, -0.2) is 25.6 Å². The molecule has 0 saturated carbocycles. The highest BCUT2D eigenvalue weighted by Crippen LogP contribution is 2.34. The average Bonchev–Trinajstić information content (AvgIpc) is 3.14. The van der Waals surface area contributed by atoms with Crippen LogP contribution in [0.5, 0.6) is 0 Å². The second-order valence-corrected chi connectivity index (χ2v) is 7.76. The maximum absolute atomic E-state index is 12.6. The number of nitro groups is 1. The Hall–Kier alpha value is -3.97. The summed E-state index contributed by atoms with van der Waals surface area (Å²) in [5.41, 5.74) is 2.47. The number of anilines is 1. The van der Waals surface area contributed by atoms with Crippen LogP contribution < -0.4 is 5.32 Å². The number of benzene rings is 2. The molecule has 0 saturated heterocycles. The highest BCUT2D eigenvalue weighted by molar-refractivity contribution is 7.99. The molecule has 0 radical (unpaired) electrons. The number of amides is 1. The molecule has 0 fully saturated rings. The van der Waals surface area contributed by atoms with E-state index in [1.165, 1.54) is 18.5 Å². The van der Waals surface area contributed by atoms with Crippen LogP contribution in [0.1, 0.15) is 16.7 Å². The SMILES string of the molecule is Cc1ccc(C)c(NC(=O)/C(C#N)=C/c2ccc(Sc3nncn3C)c([N+](=O)[O-])c2)c1. The van der Waals surface area contributed by atoms with Gasteiger partial charge in [-0.15, -0.1) is 10.2 Å². The van der Waals surface area contributed by atoms with Crippen LogP contribution in [-0.2, 0) is 11.8 Å². The Morgan fingerprint density at radius 3 is 2.71 bits per heavy atom. The van der Waals surface area contributed by atoms with Crippen molar-refractivity contribution < 1.29 is 9.72 Å². The van der Waals surface area contributed by atoms with Gasteiger partial charge in [-0.25, -0.2) is 0 Å². The van der Waals surface area contributed by atoms with Gasteiger partial charge in [-0.1, -0.05) is 18.2 Å². The number of nitrogens with one attached hydrogen (secondary N) is 1. The molecule has 0 bridgehead atoms. The molecular weight excluding hydrogens is 416 g/mol. The van der Waals surface area contributed by atoms with E-state index in [9.17, 15) is 20.2 Å². The zero-order chi connectivity index (χ0) is 22.5. The number of nitrogens with zero attached hydrogens (tertiary/aromatic N) is 5. The number of rotatable bonds is 6. The molecule has 1 amide bonds. The molecule has 3 rings (SSSR count). The molecule has 156 valence electrons. The van der Waals surface area contributed by atoms with Crippen molar-refractivity contribution >= 4 is 35.1 Å². The molecule has 2 aromatic carbocycles. The van der Waals surface area contributed by atoms with Crippen LogP contribution >= 0.6 is 11.8 Å². The van der Waals surface area contributed by atoms with Crippen molar-refractivity contribution in [2.24, 2.45) is 7.05 Å². The molecule has 3 aromatic rings. The summed E-state index contributed by atoms with van der Waals surface area (Å²) in [6.07, 6.45) is 2.82. The minimum absolute atomic E-state index is 0.158. The molecule has 9 nitrogen and oxygen atoms in total. The third kappa shape index (κ3) is 5.15. The summed E-state index contributed by atoms with van der Waals surface area (Å²) in [6, 6.07) is 12.0. The van der Waals surface area contributed by atoms with Crippen molar-refractivity contribution in [1.29, 1.82) is 5.26 Å². The van der Waals surface area contributed by atoms with Crippen molar-refractivity contribution in [3.63, 3.8) is 0 Å². The maximum atomic E-state index is 12.6. The lowest BCUT2D eigenvalue weighted by Crippen LogP contribution is -2.14. The van der Waals surface area contributed by atoms with Crippen molar-refractivity contribution in [2.75, 3.05) is 5.32 Å². The van der Waals surface area contributed by atoms with Crippen LogP contribution in [0.2, 0.25) is 0 Å². The second kappa shape index (κ2) is 9.23. The van der Waals surface area contributed by atoms with E-state index in [1.54, 1.807) is 23.7 Å². The van der Waals surface area contributed by atoms with E-state index in [1.807, 2.05) is 38.1 Å². The van der Waals surface area contributed by atoms with Gasteiger partial charge in [-0.2, -0.15) is 5.26 Å². The summed E-state index contributed by atoms with van der Waals surface area (Å²) in [5.74, 6) is -0.587. The van der Waals surface area contributed by atoms with Gasteiger partial charge in [0, 0.05) is 18.8 Å². The fraction of sp³-hybridized carbons (Fsp3) is 0.143. The number of nitriles is 1. The van der Waals surface area contributed by atoms with Gasteiger partial charge < -0.3 is 9.88 Å². The van der Waals surface area contributed by atoms with Gasteiger partial charge in [0.1, 0.15) is 18.0 Å². The zero-order valence-corrected chi connectivity index (χ0v) is 17.8. The molecule has 10 heteroatoms. The fourth-order valence-corrected chi connectivity index (χ4v) is 3.54. The third-order valence-corrected chi connectivity index (χ3v) is 5.49. The molecule has 0 unspecified atom stereocenters. The molecule has 1 heterocycles. The lowest BCUT2D eigenvalue weighted by atomic mass is 10.1. The van der Waals surface area contributed by atoms with E-state index >= 15 is 0 Å². The van der Waals surface area contributed by atoms with Crippen molar-refractivity contribution in [1.82, 2.24) is 14.8 Å². The van der Waals surface area contributed by atoms with Gasteiger partial charge in [0.2, 0.25) is 0 Å². The third-order valence-electron chi connectivity index (χ3n) is 4.37. The first-order chi connectivity index (χ1) is 14.8. The van der Waals surface area contributed by atoms with Gasteiger partial charge in [-0.3, -0.25) is 14.9 Å². The molecule has 0 atom stereocenters. The van der Waals surface area contributed by atoms with Gasteiger partial charge in [0.05, 0.1) is 9.82 Å².